The molecule has 9 heteroatoms. The molecule has 2 aliphatic carbocycles. The molecule has 2 aromatic carbocycles. The highest BCUT2D eigenvalue weighted by molar-refractivity contribution is 7.93. The molecule has 0 spiro atoms. The van der Waals surface area contributed by atoms with Crippen LogP contribution < -0.4 is 15.2 Å². The minimum atomic E-state index is -3.40. The first-order valence-electron chi connectivity index (χ1n) is 11.8. The van der Waals surface area contributed by atoms with E-state index in [1.165, 1.54) is 0 Å². The summed E-state index contributed by atoms with van der Waals surface area (Å²) >= 11 is 0. The van der Waals surface area contributed by atoms with Crippen molar-refractivity contribution in [1.82, 2.24) is 4.57 Å². The van der Waals surface area contributed by atoms with Gasteiger partial charge in [0.05, 0.1) is 22.1 Å². The molecule has 0 radical (unpaired) electrons. The van der Waals surface area contributed by atoms with Crippen LogP contribution in [0.15, 0.2) is 42.5 Å². The topological polar surface area (TPSA) is 86.4 Å². The Morgan fingerprint density at radius 2 is 1.74 bits per heavy atom. The van der Waals surface area contributed by atoms with E-state index in [1.807, 2.05) is 18.2 Å². The van der Waals surface area contributed by atoms with Crippen molar-refractivity contribution in [2.24, 2.45) is 0 Å². The lowest BCUT2D eigenvalue weighted by Gasteiger charge is -2.30. The number of sulfonamides is 1. The molecule has 2 saturated carbocycles. The van der Waals surface area contributed by atoms with E-state index in [-0.39, 0.29) is 11.3 Å². The molecule has 0 unspecified atom stereocenters. The van der Waals surface area contributed by atoms with Crippen LogP contribution in [0.5, 0.6) is 5.75 Å². The van der Waals surface area contributed by atoms with Crippen molar-refractivity contribution in [2.75, 3.05) is 17.1 Å². The number of benzene rings is 2. The van der Waals surface area contributed by atoms with Crippen molar-refractivity contribution in [3.8, 4) is 17.0 Å². The Labute approximate surface area is 198 Å². The van der Waals surface area contributed by atoms with Gasteiger partial charge in [0.15, 0.2) is 0 Å². The van der Waals surface area contributed by atoms with Crippen molar-refractivity contribution in [3.63, 3.8) is 0 Å². The summed E-state index contributed by atoms with van der Waals surface area (Å²) in [6.07, 6.45) is 3.90. The zero-order chi connectivity index (χ0) is 23.9. The van der Waals surface area contributed by atoms with Gasteiger partial charge in [-0.3, -0.25) is 4.72 Å². The molecule has 0 aliphatic heterocycles. The highest BCUT2D eigenvalue weighted by atomic mass is 32.2. The lowest BCUT2D eigenvalue weighted by Crippen LogP contribution is -2.25. The smallest absolute Gasteiger partial charge is 0.272 e. The second-order valence-electron chi connectivity index (χ2n) is 9.23. The monoisotopic (exact) mass is 489 g/mol. The summed E-state index contributed by atoms with van der Waals surface area (Å²) in [5.74, 6) is 0.383. The van der Waals surface area contributed by atoms with Gasteiger partial charge in [0.1, 0.15) is 12.4 Å². The SMILES string of the molecule is Nc1c(-c2ccc(NS(=O)(=O)C3CCCC3)cc2)n(C2CCC2)c2cc(OCC(F)F)ccc12. The van der Waals surface area contributed by atoms with Gasteiger partial charge in [-0.2, -0.15) is 0 Å². The molecule has 1 heterocycles. The average Bonchev–Trinajstić information content (AvgIpc) is 3.40. The molecule has 2 aliphatic rings. The Bertz CT molecular complexity index is 1280. The molecule has 182 valence electrons. The van der Waals surface area contributed by atoms with E-state index in [0.29, 0.717) is 30.0 Å². The molecule has 34 heavy (non-hydrogen) atoms. The van der Waals surface area contributed by atoms with Gasteiger partial charge in [-0.25, -0.2) is 17.2 Å². The van der Waals surface area contributed by atoms with Gasteiger partial charge < -0.3 is 15.0 Å². The molecule has 6 nitrogen and oxygen atoms in total. The number of aromatic nitrogens is 1. The molecule has 3 aromatic rings. The van der Waals surface area contributed by atoms with Crippen LogP contribution >= 0.6 is 0 Å². The van der Waals surface area contributed by atoms with E-state index in [4.69, 9.17) is 10.5 Å². The Kier molecular flexibility index (Phi) is 6.14. The van der Waals surface area contributed by atoms with Gasteiger partial charge in [0.2, 0.25) is 10.0 Å². The number of anilines is 2. The molecule has 5 rings (SSSR count). The van der Waals surface area contributed by atoms with Crippen LogP contribution in [0.1, 0.15) is 51.0 Å². The minimum Gasteiger partial charge on any atom is -0.488 e. The number of hydrogen-bond donors (Lipinski definition) is 2. The third-order valence-corrected chi connectivity index (χ3v) is 8.86. The summed E-state index contributed by atoms with van der Waals surface area (Å²) in [7, 11) is -3.40. The number of nitrogen functional groups attached to an aromatic ring is 1. The summed E-state index contributed by atoms with van der Waals surface area (Å²) in [5.41, 5.74) is 10.3. The van der Waals surface area contributed by atoms with Gasteiger partial charge >= 0.3 is 0 Å². The third-order valence-electron chi connectivity index (χ3n) is 6.99. The number of nitrogens with two attached hydrogens (primary N) is 1. The molecular formula is C25H29F2N3O3S. The summed E-state index contributed by atoms with van der Waals surface area (Å²) < 4.78 is 60.7. The largest absolute Gasteiger partial charge is 0.488 e. The number of hydrogen-bond acceptors (Lipinski definition) is 4. The first-order valence-corrected chi connectivity index (χ1v) is 13.3. The number of ether oxygens (including phenoxy) is 1. The summed E-state index contributed by atoms with van der Waals surface area (Å²) in [5, 5.41) is 0.516. The molecular weight excluding hydrogens is 460 g/mol. The molecule has 0 bridgehead atoms. The van der Waals surface area contributed by atoms with Crippen molar-refractivity contribution >= 4 is 32.3 Å². The second kappa shape index (κ2) is 9.09. The number of halogens is 2. The maximum atomic E-state index is 12.7. The van der Waals surface area contributed by atoms with Gasteiger partial charge in [-0.1, -0.05) is 25.0 Å². The van der Waals surface area contributed by atoms with Crippen LogP contribution in [-0.2, 0) is 10.0 Å². The Hall–Kier alpha value is -2.81. The van der Waals surface area contributed by atoms with E-state index < -0.39 is 23.1 Å². The van der Waals surface area contributed by atoms with E-state index >= 15 is 0 Å². The Balaban J connectivity index is 1.49. The van der Waals surface area contributed by atoms with Crippen molar-refractivity contribution in [1.29, 1.82) is 0 Å². The predicted octanol–water partition coefficient (Wildman–Crippen LogP) is 5.94. The number of rotatable bonds is 8. The van der Waals surface area contributed by atoms with E-state index in [9.17, 15) is 17.2 Å². The minimum absolute atomic E-state index is 0.265. The first-order chi connectivity index (χ1) is 16.3. The number of nitrogens with one attached hydrogen (secondary N) is 1. The lowest BCUT2D eigenvalue weighted by molar-refractivity contribution is 0.0819. The predicted molar refractivity (Wildman–Crippen MR) is 131 cm³/mol. The van der Waals surface area contributed by atoms with Gasteiger partial charge in [-0.05, 0) is 56.4 Å². The highest BCUT2D eigenvalue weighted by Gasteiger charge is 2.29. The zero-order valence-corrected chi connectivity index (χ0v) is 19.7. The maximum absolute atomic E-state index is 12.7. The van der Waals surface area contributed by atoms with E-state index in [1.54, 1.807) is 24.3 Å². The van der Waals surface area contributed by atoms with E-state index in [0.717, 1.165) is 54.3 Å². The molecule has 0 saturated heterocycles. The van der Waals surface area contributed by atoms with Gasteiger partial charge in [0.25, 0.3) is 6.43 Å². The fourth-order valence-electron chi connectivity index (χ4n) is 5.03. The van der Waals surface area contributed by atoms with Crippen molar-refractivity contribution in [2.45, 2.75) is 62.7 Å². The zero-order valence-electron chi connectivity index (χ0n) is 18.8. The number of nitrogens with zero attached hydrogens (tertiary/aromatic N) is 1. The Morgan fingerprint density at radius 3 is 2.35 bits per heavy atom. The highest BCUT2D eigenvalue weighted by Crippen LogP contribution is 2.45. The van der Waals surface area contributed by atoms with Crippen molar-refractivity contribution < 1.29 is 21.9 Å². The summed E-state index contributed by atoms with van der Waals surface area (Å²) in [4.78, 5) is 0. The van der Waals surface area contributed by atoms with Crippen LogP contribution in [0.4, 0.5) is 20.2 Å². The number of fused-ring (bicyclic) bond motifs is 1. The molecule has 1 aromatic heterocycles. The first kappa shape index (κ1) is 23.0. The van der Waals surface area contributed by atoms with Gasteiger partial charge in [-0.15, -0.1) is 0 Å². The lowest BCUT2D eigenvalue weighted by atomic mass is 9.92. The van der Waals surface area contributed by atoms with Crippen LogP contribution in [-0.4, -0.2) is 31.3 Å². The molecule has 0 amide bonds. The molecule has 3 N–H and O–H groups in total. The average molecular weight is 490 g/mol. The summed E-state index contributed by atoms with van der Waals surface area (Å²) in [6, 6.07) is 12.8. The second-order valence-corrected chi connectivity index (χ2v) is 11.2. The quantitative estimate of drug-likeness (QED) is 0.410. The summed E-state index contributed by atoms with van der Waals surface area (Å²) in [6.45, 7) is -0.657. The molecule has 2 fully saturated rings. The van der Waals surface area contributed by atoms with Gasteiger partial charge in [0, 0.05) is 28.7 Å². The fourth-order valence-corrected chi connectivity index (χ4v) is 6.61. The fraction of sp³-hybridized carbons (Fsp3) is 0.440. The van der Waals surface area contributed by atoms with Crippen LogP contribution in [0.3, 0.4) is 0 Å². The van der Waals surface area contributed by atoms with Crippen molar-refractivity contribution in [3.05, 3.63) is 42.5 Å². The molecule has 0 atom stereocenters. The standard InChI is InChI=1S/C25H29F2N3O3S/c26-23(27)15-33-19-12-13-21-22(14-19)30(18-4-3-5-18)25(24(21)28)16-8-10-17(11-9-16)29-34(31,32)20-6-1-2-7-20/h8-14,18,20,23,29H,1-7,15,28H2. The third kappa shape index (κ3) is 4.33. The number of alkyl halides is 2. The van der Waals surface area contributed by atoms with Crippen LogP contribution in [0, 0.1) is 0 Å². The normalized spacial score (nSPS) is 17.4. The Morgan fingerprint density at radius 1 is 1.03 bits per heavy atom. The maximum Gasteiger partial charge on any atom is 0.272 e. The van der Waals surface area contributed by atoms with E-state index in [2.05, 4.69) is 9.29 Å². The van der Waals surface area contributed by atoms with Crippen LogP contribution in [0.2, 0.25) is 0 Å². The van der Waals surface area contributed by atoms with Crippen LogP contribution in [0.25, 0.3) is 22.2 Å².